The number of carbonyl (C=O) groups is 2. The minimum absolute atomic E-state index is 0.0406. The summed E-state index contributed by atoms with van der Waals surface area (Å²) in [5, 5.41) is 12.3. The van der Waals surface area contributed by atoms with Crippen molar-refractivity contribution in [2.24, 2.45) is 0 Å². The van der Waals surface area contributed by atoms with Gasteiger partial charge in [0.15, 0.2) is 23.4 Å². The van der Waals surface area contributed by atoms with E-state index >= 15 is 0 Å². The smallest absolute Gasteiger partial charge is 0.311 e. The Kier molecular flexibility index (Phi) is 9.91. The van der Waals surface area contributed by atoms with Crippen molar-refractivity contribution in [3.05, 3.63) is 35.9 Å². The van der Waals surface area contributed by atoms with E-state index in [4.69, 9.17) is 9.47 Å². The number of rotatable bonds is 17. The highest BCUT2D eigenvalue weighted by Gasteiger charge is 2.73. The number of unbranched alkanes of at least 4 members (excludes halogenated alkanes) is 12. The molecule has 0 aromatic heterocycles. The Morgan fingerprint density at radius 2 is 1.71 bits per heavy atom. The Morgan fingerprint density at radius 1 is 1.05 bits per heavy atom. The van der Waals surface area contributed by atoms with Crippen LogP contribution in [-0.2, 0) is 21.4 Å². The Labute approximate surface area is 246 Å². The van der Waals surface area contributed by atoms with Crippen molar-refractivity contribution in [2.45, 2.75) is 146 Å². The summed E-state index contributed by atoms with van der Waals surface area (Å²) in [6.45, 7) is 7.66. The van der Waals surface area contributed by atoms with Gasteiger partial charge in [-0.3, -0.25) is 14.5 Å². The number of aliphatic hydroxyl groups is 1. The number of carbonyl (C=O) groups excluding carboxylic acids is 2. The lowest BCUT2D eigenvalue weighted by Gasteiger charge is -2.62. The van der Waals surface area contributed by atoms with Gasteiger partial charge in [0.2, 0.25) is 0 Å². The fraction of sp³-hybridized carbons (Fsp3) is 0.714. The molecule has 4 atom stereocenters. The molecule has 1 aromatic rings. The van der Waals surface area contributed by atoms with Crippen LogP contribution < -0.4 is 9.47 Å². The average Bonchev–Trinajstić information content (AvgIpc) is 3.32. The lowest BCUT2D eigenvalue weighted by Crippen LogP contribution is -2.76. The first-order valence-electron chi connectivity index (χ1n) is 16.6. The molecule has 2 aliphatic heterocycles. The molecule has 1 saturated carbocycles. The predicted molar refractivity (Wildman–Crippen MR) is 162 cm³/mol. The number of piperidine rings is 1. The quantitative estimate of drug-likeness (QED) is 0.0950. The second-order valence-corrected chi connectivity index (χ2v) is 13.0. The zero-order valence-corrected chi connectivity index (χ0v) is 25.3. The van der Waals surface area contributed by atoms with E-state index in [-0.39, 0.29) is 17.8 Å². The van der Waals surface area contributed by atoms with Gasteiger partial charge in [-0.05, 0) is 37.3 Å². The first-order chi connectivity index (χ1) is 20.0. The molecule has 1 aromatic carbocycles. The van der Waals surface area contributed by atoms with Crippen LogP contribution in [0.2, 0.25) is 0 Å². The van der Waals surface area contributed by atoms with Gasteiger partial charge in [0.1, 0.15) is 0 Å². The molecule has 6 heteroatoms. The average molecular weight is 566 g/mol. The number of hydrogen-bond acceptors (Lipinski definition) is 6. The number of Topliss-reactive ketones (excluding diaryl/α,β-unsaturated/α-hetero) is 1. The van der Waals surface area contributed by atoms with Crippen molar-refractivity contribution in [3.8, 4) is 11.5 Å². The molecule has 6 nitrogen and oxygen atoms in total. The molecular formula is C35H51NO5. The third-order valence-corrected chi connectivity index (χ3v) is 10.4. The Hall–Kier alpha value is -2.18. The van der Waals surface area contributed by atoms with Gasteiger partial charge in [-0.2, -0.15) is 0 Å². The molecule has 2 bridgehead atoms. The van der Waals surface area contributed by atoms with Gasteiger partial charge in [-0.1, -0.05) is 96.1 Å². The van der Waals surface area contributed by atoms with Crippen LogP contribution in [0.5, 0.6) is 11.5 Å². The molecule has 0 unspecified atom stereocenters. The maximum atomic E-state index is 13.2. The lowest BCUT2D eigenvalue weighted by molar-refractivity contribution is -0.187. The SMILES string of the molecule is C=CCN1CC[C@]23c4c5ccc(OC(=O)CCCCCCCCCCCCCCC)c4O[C@@H]2C(=O)CC[C@@]3(O)[C@H]1C5. The van der Waals surface area contributed by atoms with E-state index in [1.54, 1.807) is 0 Å². The summed E-state index contributed by atoms with van der Waals surface area (Å²) in [6.07, 6.45) is 20.0. The molecule has 0 radical (unpaired) electrons. The molecule has 2 aliphatic carbocycles. The molecule has 1 saturated heterocycles. The van der Waals surface area contributed by atoms with Crippen LogP contribution in [0.15, 0.2) is 24.8 Å². The predicted octanol–water partition coefficient (Wildman–Crippen LogP) is 6.98. The number of ether oxygens (including phenoxy) is 2. The molecule has 5 rings (SSSR count). The summed E-state index contributed by atoms with van der Waals surface area (Å²) < 4.78 is 12.2. The normalized spacial score (nSPS) is 27.8. The standard InChI is InChI=1S/C35H51NO5/c1-3-5-6-7-8-9-10-11-12-13-14-15-16-17-30(38)40-28-19-18-26-25-29-35(39)21-20-27(37)33-34(35,31(26)32(28)41-33)22-24-36(29)23-4-2/h4,18-19,29,33,39H,2-3,5-17,20-25H2,1H3/t29-,33-,34+,35-/m1/s1. The van der Waals surface area contributed by atoms with Crippen molar-refractivity contribution in [1.82, 2.24) is 4.90 Å². The zero-order chi connectivity index (χ0) is 28.9. The highest BCUT2D eigenvalue weighted by Crippen LogP contribution is 2.64. The second kappa shape index (κ2) is 13.4. The van der Waals surface area contributed by atoms with Gasteiger partial charge in [0, 0.05) is 37.5 Å². The summed E-state index contributed by atoms with van der Waals surface area (Å²) in [5.74, 6) is 0.695. The first kappa shape index (κ1) is 30.3. The summed E-state index contributed by atoms with van der Waals surface area (Å²) in [6, 6.07) is 3.76. The van der Waals surface area contributed by atoms with E-state index < -0.39 is 17.1 Å². The minimum atomic E-state index is -1.05. The molecule has 1 spiro atoms. The zero-order valence-electron chi connectivity index (χ0n) is 25.3. The van der Waals surface area contributed by atoms with Gasteiger partial charge in [0.25, 0.3) is 0 Å². The molecule has 226 valence electrons. The largest absolute Gasteiger partial charge is 0.477 e. The van der Waals surface area contributed by atoms with Crippen LogP contribution in [0.4, 0.5) is 0 Å². The molecule has 1 N–H and O–H groups in total. The van der Waals surface area contributed by atoms with Crippen molar-refractivity contribution < 1.29 is 24.2 Å². The minimum Gasteiger partial charge on any atom is -0.477 e. The number of benzene rings is 1. The number of hydrogen-bond donors (Lipinski definition) is 1. The van der Waals surface area contributed by atoms with Gasteiger partial charge >= 0.3 is 5.97 Å². The lowest BCUT2D eigenvalue weighted by atomic mass is 9.49. The summed E-state index contributed by atoms with van der Waals surface area (Å²) in [7, 11) is 0. The molecular weight excluding hydrogens is 514 g/mol. The maximum Gasteiger partial charge on any atom is 0.311 e. The highest BCUT2D eigenvalue weighted by atomic mass is 16.6. The maximum absolute atomic E-state index is 13.2. The Balaban J connectivity index is 1.13. The van der Waals surface area contributed by atoms with Gasteiger partial charge in [-0.25, -0.2) is 0 Å². The van der Waals surface area contributed by atoms with E-state index in [1.807, 2.05) is 18.2 Å². The second-order valence-electron chi connectivity index (χ2n) is 13.0. The van der Waals surface area contributed by atoms with Crippen LogP contribution >= 0.6 is 0 Å². The Morgan fingerprint density at radius 3 is 2.37 bits per heavy atom. The van der Waals surface area contributed by atoms with E-state index in [0.717, 1.165) is 36.9 Å². The van der Waals surface area contributed by atoms with Crippen LogP contribution in [0.3, 0.4) is 0 Å². The monoisotopic (exact) mass is 565 g/mol. The van der Waals surface area contributed by atoms with Crippen LogP contribution in [-0.4, -0.2) is 52.6 Å². The third-order valence-electron chi connectivity index (χ3n) is 10.4. The van der Waals surface area contributed by atoms with Gasteiger partial charge < -0.3 is 14.6 Å². The van der Waals surface area contributed by atoms with Gasteiger partial charge in [0.05, 0.1) is 11.0 Å². The molecule has 2 fully saturated rings. The van der Waals surface area contributed by atoms with Crippen LogP contribution in [0.1, 0.15) is 127 Å². The van der Waals surface area contributed by atoms with E-state index in [0.29, 0.717) is 50.1 Å². The van der Waals surface area contributed by atoms with E-state index in [9.17, 15) is 14.7 Å². The van der Waals surface area contributed by atoms with Crippen molar-refractivity contribution in [3.63, 3.8) is 0 Å². The number of esters is 1. The topological polar surface area (TPSA) is 76.1 Å². The van der Waals surface area contributed by atoms with Crippen molar-refractivity contribution in [2.75, 3.05) is 13.1 Å². The number of nitrogens with zero attached hydrogens (tertiary/aromatic N) is 1. The van der Waals surface area contributed by atoms with E-state index in [2.05, 4.69) is 18.4 Å². The van der Waals surface area contributed by atoms with Crippen molar-refractivity contribution >= 4 is 11.8 Å². The molecule has 41 heavy (non-hydrogen) atoms. The molecule has 4 aliphatic rings. The summed E-state index contributed by atoms with van der Waals surface area (Å²) in [5.41, 5.74) is 0.184. The fourth-order valence-electron chi connectivity index (χ4n) is 8.33. The van der Waals surface area contributed by atoms with Gasteiger partial charge in [-0.15, -0.1) is 6.58 Å². The molecule has 2 heterocycles. The number of ketones is 1. The Bertz CT molecular complexity index is 1100. The van der Waals surface area contributed by atoms with Crippen molar-refractivity contribution in [1.29, 1.82) is 0 Å². The van der Waals surface area contributed by atoms with Crippen LogP contribution in [0, 0.1) is 0 Å². The fourth-order valence-corrected chi connectivity index (χ4v) is 8.33. The molecule has 0 amide bonds. The van der Waals surface area contributed by atoms with E-state index in [1.165, 1.54) is 64.2 Å². The summed E-state index contributed by atoms with van der Waals surface area (Å²) >= 11 is 0. The summed E-state index contributed by atoms with van der Waals surface area (Å²) in [4.78, 5) is 28.3. The third kappa shape index (κ3) is 5.76. The first-order valence-corrected chi connectivity index (χ1v) is 16.6. The van der Waals surface area contributed by atoms with Crippen LogP contribution in [0.25, 0.3) is 0 Å². The highest BCUT2D eigenvalue weighted by molar-refractivity contribution is 5.90. The number of likely N-dealkylation sites (tertiary alicyclic amines) is 1.